The molecule has 1 aliphatic carbocycles. The molecule has 0 unspecified atom stereocenters. The Morgan fingerprint density at radius 1 is 0.929 bits per heavy atom. The van der Waals surface area contributed by atoms with Crippen molar-refractivity contribution in [3.63, 3.8) is 0 Å². The Labute approximate surface area is 165 Å². The minimum atomic E-state index is -0.0417. The highest BCUT2D eigenvalue weighted by atomic mass is 16.2. The van der Waals surface area contributed by atoms with Crippen LogP contribution in [0, 0.1) is 0 Å². The van der Waals surface area contributed by atoms with Gasteiger partial charge in [-0.25, -0.2) is 19.9 Å². The molecule has 1 aliphatic heterocycles. The summed E-state index contributed by atoms with van der Waals surface area (Å²) >= 11 is 0. The van der Waals surface area contributed by atoms with Crippen molar-refractivity contribution in [2.45, 2.75) is 44.6 Å². The molecule has 3 heterocycles. The fraction of sp³-hybridized carbons (Fsp3) is 0.550. The first-order valence-electron chi connectivity index (χ1n) is 10.2. The van der Waals surface area contributed by atoms with Crippen LogP contribution in [0.3, 0.4) is 0 Å². The van der Waals surface area contributed by atoms with Crippen LogP contribution in [0.15, 0.2) is 30.9 Å². The van der Waals surface area contributed by atoms with Gasteiger partial charge in [0.15, 0.2) is 0 Å². The number of hydrogen-bond acceptors (Lipinski definition) is 7. The van der Waals surface area contributed by atoms with Gasteiger partial charge in [0.25, 0.3) is 5.91 Å². The van der Waals surface area contributed by atoms with E-state index in [1.165, 1.54) is 32.0 Å². The Hall–Kier alpha value is -2.77. The normalized spacial score (nSPS) is 18.6. The van der Waals surface area contributed by atoms with Crippen LogP contribution >= 0.6 is 0 Å². The summed E-state index contributed by atoms with van der Waals surface area (Å²) in [6.45, 7) is 2.70. The zero-order valence-electron chi connectivity index (χ0n) is 16.1. The van der Waals surface area contributed by atoms with E-state index in [-0.39, 0.29) is 5.91 Å². The van der Waals surface area contributed by atoms with Crippen LogP contribution in [-0.2, 0) is 0 Å². The molecule has 4 rings (SSSR count). The van der Waals surface area contributed by atoms with Crippen LogP contribution in [-0.4, -0.2) is 63.0 Å². The highest BCUT2D eigenvalue weighted by Gasteiger charge is 2.24. The second kappa shape index (κ2) is 8.95. The lowest BCUT2D eigenvalue weighted by atomic mass is 10.1. The van der Waals surface area contributed by atoms with E-state index in [1.807, 2.05) is 4.90 Å². The molecule has 2 fully saturated rings. The third-order valence-electron chi connectivity index (χ3n) is 5.50. The van der Waals surface area contributed by atoms with Crippen molar-refractivity contribution in [3.8, 4) is 0 Å². The summed E-state index contributed by atoms with van der Waals surface area (Å²) in [6, 6.07) is 4.04. The van der Waals surface area contributed by atoms with Gasteiger partial charge in [0.1, 0.15) is 17.8 Å². The SMILES string of the molecule is O=C(c1cc(NC2CCCCCC2)ncn1)N1CCN(c2ncccn2)CC1. The van der Waals surface area contributed by atoms with Gasteiger partial charge in [-0.1, -0.05) is 25.7 Å². The summed E-state index contributed by atoms with van der Waals surface area (Å²) in [6.07, 6.45) is 12.4. The monoisotopic (exact) mass is 381 g/mol. The molecule has 8 nitrogen and oxygen atoms in total. The van der Waals surface area contributed by atoms with E-state index in [1.54, 1.807) is 24.5 Å². The largest absolute Gasteiger partial charge is 0.367 e. The van der Waals surface area contributed by atoms with E-state index in [2.05, 4.69) is 30.2 Å². The second-order valence-electron chi connectivity index (χ2n) is 7.45. The smallest absolute Gasteiger partial charge is 0.272 e. The molecular weight excluding hydrogens is 354 g/mol. The minimum Gasteiger partial charge on any atom is -0.367 e. The molecule has 0 bridgehead atoms. The van der Waals surface area contributed by atoms with Crippen molar-refractivity contribution < 1.29 is 4.79 Å². The van der Waals surface area contributed by atoms with E-state index < -0.39 is 0 Å². The zero-order chi connectivity index (χ0) is 19.2. The average Bonchev–Trinajstić information content (AvgIpc) is 3.03. The first-order chi connectivity index (χ1) is 13.8. The first kappa shape index (κ1) is 18.6. The number of aromatic nitrogens is 4. The Bertz CT molecular complexity index is 769. The Morgan fingerprint density at radius 2 is 1.64 bits per heavy atom. The summed E-state index contributed by atoms with van der Waals surface area (Å²) in [5, 5.41) is 3.50. The molecule has 0 atom stereocenters. The molecular formula is C20H27N7O. The summed E-state index contributed by atoms with van der Waals surface area (Å²) in [4.78, 5) is 34.0. The number of piperazine rings is 1. The number of amides is 1. The molecule has 0 radical (unpaired) electrons. The number of nitrogens with one attached hydrogen (secondary N) is 1. The fourth-order valence-electron chi connectivity index (χ4n) is 3.91. The van der Waals surface area contributed by atoms with E-state index in [4.69, 9.17) is 0 Å². The van der Waals surface area contributed by atoms with Crippen molar-refractivity contribution in [2.75, 3.05) is 36.4 Å². The fourth-order valence-corrected chi connectivity index (χ4v) is 3.91. The number of hydrogen-bond donors (Lipinski definition) is 1. The molecule has 0 aromatic carbocycles. The van der Waals surface area contributed by atoms with Crippen molar-refractivity contribution >= 4 is 17.7 Å². The third kappa shape index (κ3) is 4.55. The van der Waals surface area contributed by atoms with Crippen LogP contribution in [0.5, 0.6) is 0 Å². The molecule has 0 spiro atoms. The lowest BCUT2D eigenvalue weighted by molar-refractivity contribution is 0.0740. The van der Waals surface area contributed by atoms with Crippen molar-refractivity contribution in [3.05, 3.63) is 36.5 Å². The topological polar surface area (TPSA) is 87.1 Å². The van der Waals surface area contributed by atoms with E-state index in [0.29, 0.717) is 43.9 Å². The Kier molecular flexibility index (Phi) is 5.94. The first-order valence-corrected chi connectivity index (χ1v) is 10.2. The lowest BCUT2D eigenvalue weighted by Crippen LogP contribution is -2.49. The molecule has 148 valence electrons. The molecule has 28 heavy (non-hydrogen) atoms. The van der Waals surface area contributed by atoms with Crippen molar-refractivity contribution in [2.24, 2.45) is 0 Å². The highest BCUT2D eigenvalue weighted by molar-refractivity contribution is 5.93. The maximum absolute atomic E-state index is 12.9. The number of nitrogens with zero attached hydrogens (tertiary/aromatic N) is 6. The summed E-state index contributed by atoms with van der Waals surface area (Å²) < 4.78 is 0. The van der Waals surface area contributed by atoms with E-state index in [0.717, 1.165) is 18.7 Å². The van der Waals surface area contributed by atoms with Crippen LogP contribution in [0.25, 0.3) is 0 Å². The van der Waals surface area contributed by atoms with Gasteiger partial charge in [-0.2, -0.15) is 0 Å². The number of anilines is 2. The predicted molar refractivity (Wildman–Crippen MR) is 107 cm³/mol. The molecule has 2 aromatic rings. The molecule has 1 saturated carbocycles. The number of rotatable bonds is 4. The van der Waals surface area contributed by atoms with Gasteiger partial charge in [-0.05, 0) is 18.9 Å². The van der Waals surface area contributed by atoms with E-state index in [9.17, 15) is 4.79 Å². The predicted octanol–water partition coefficient (Wildman–Crippen LogP) is 2.36. The van der Waals surface area contributed by atoms with Gasteiger partial charge in [-0.3, -0.25) is 4.79 Å². The van der Waals surface area contributed by atoms with Crippen molar-refractivity contribution in [1.82, 2.24) is 24.8 Å². The molecule has 8 heteroatoms. The van der Waals surface area contributed by atoms with Gasteiger partial charge in [0.05, 0.1) is 0 Å². The molecule has 2 aliphatic rings. The summed E-state index contributed by atoms with van der Waals surface area (Å²) in [7, 11) is 0. The maximum atomic E-state index is 12.9. The maximum Gasteiger partial charge on any atom is 0.272 e. The quantitative estimate of drug-likeness (QED) is 0.814. The van der Waals surface area contributed by atoms with Gasteiger partial charge in [-0.15, -0.1) is 0 Å². The third-order valence-corrected chi connectivity index (χ3v) is 5.50. The van der Waals surface area contributed by atoms with Crippen LogP contribution in [0.2, 0.25) is 0 Å². The standard InChI is InChI=1S/C20H27N7O/c28-19(26-10-12-27(13-11-26)20-21-8-5-9-22-20)17-14-18(24-15-23-17)25-16-6-3-1-2-4-7-16/h5,8-9,14-16H,1-4,6-7,10-13H2,(H,23,24,25). The molecule has 1 N–H and O–H groups in total. The Morgan fingerprint density at radius 3 is 2.36 bits per heavy atom. The van der Waals surface area contributed by atoms with Gasteiger partial charge < -0.3 is 15.1 Å². The highest BCUT2D eigenvalue weighted by Crippen LogP contribution is 2.21. The summed E-state index contributed by atoms with van der Waals surface area (Å²) in [5.74, 6) is 1.42. The van der Waals surface area contributed by atoms with Gasteiger partial charge >= 0.3 is 0 Å². The number of carbonyl (C=O) groups excluding carboxylic acids is 1. The zero-order valence-corrected chi connectivity index (χ0v) is 16.1. The Balaban J connectivity index is 1.36. The van der Waals surface area contributed by atoms with E-state index >= 15 is 0 Å². The van der Waals surface area contributed by atoms with Crippen molar-refractivity contribution in [1.29, 1.82) is 0 Å². The average molecular weight is 381 g/mol. The van der Waals surface area contributed by atoms with Crippen LogP contribution in [0.1, 0.15) is 49.0 Å². The molecule has 1 saturated heterocycles. The number of carbonyl (C=O) groups is 1. The van der Waals surface area contributed by atoms with Gasteiger partial charge in [0.2, 0.25) is 5.95 Å². The minimum absolute atomic E-state index is 0.0417. The molecule has 2 aromatic heterocycles. The molecule has 1 amide bonds. The lowest BCUT2D eigenvalue weighted by Gasteiger charge is -2.34. The second-order valence-corrected chi connectivity index (χ2v) is 7.45. The van der Waals surface area contributed by atoms with Crippen LogP contribution < -0.4 is 10.2 Å². The van der Waals surface area contributed by atoms with Crippen LogP contribution in [0.4, 0.5) is 11.8 Å². The van der Waals surface area contributed by atoms with Gasteiger partial charge in [0, 0.05) is 50.7 Å². The summed E-state index contributed by atoms with van der Waals surface area (Å²) in [5.41, 5.74) is 0.454.